The van der Waals surface area contributed by atoms with Gasteiger partial charge in [0.25, 0.3) is 0 Å². The van der Waals surface area contributed by atoms with E-state index < -0.39 is 9.84 Å². The number of carbonyl (C=O) groups excluding carboxylic acids is 2. The molecule has 2 amide bonds. The molecule has 2 aliphatic rings. The molecule has 1 atom stereocenters. The molecular formula is C24H36ClN3O4S. The lowest BCUT2D eigenvalue weighted by Gasteiger charge is -2.41. The number of hydrogen-bond acceptors (Lipinski definition) is 5. The topological polar surface area (TPSA) is 86.8 Å². The first-order valence-electron chi connectivity index (χ1n) is 11.8. The van der Waals surface area contributed by atoms with Crippen molar-refractivity contribution in [2.75, 3.05) is 37.0 Å². The maximum Gasteiger partial charge on any atom is 0.226 e. The van der Waals surface area contributed by atoms with Crippen molar-refractivity contribution in [1.29, 1.82) is 0 Å². The zero-order valence-electron chi connectivity index (χ0n) is 19.9. The third-order valence-corrected chi connectivity index (χ3v) is 8.01. The molecular weight excluding hydrogens is 462 g/mol. The van der Waals surface area contributed by atoms with Crippen LogP contribution in [0.2, 0.25) is 5.02 Å². The minimum atomic E-state index is -3.08. The number of anilines is 1. The smallest absolute Gasteiger partial charge is 0.226 e. The zero-order valence-corrected chi connectivity index (χ0v) is 21.5. The third kappa shape index (κ3) is 7.42. The lowest BCUT2D eigenvalue weighted by molar-refractivity contribution is -0.140. The van der Waals surface area contributed by atoms with Gasteiger partial charge in [0.1, 0.15) is 9.84 Å². The molecule has 1 saturated heterocycles. The molecule has 0 radical (unpaired) electrons. The molecule has 1 heterocycles. The fourth-order valence-electron chi connectivity index (χ4n) is 4.89. The lowest BCUT2D eigenvalue weighted by atomic mass is 10.0. The van der Waals surface area contributed by atoms with Crippen LogP contribution in [0, 0.1) is 12.8 Å². The van der Waals surface area contributed by atoms with Gasteiger partial charge in [-0.15, -0.1) is 0 Å². The predicted octanol–water partition coefficient (Wildman–Crippen LogP) is 3.63. The first-order valence-corrected chi connectivity index (χ1v) is 14.3. The van der Waals surface area contributed by atoms with Gasteiger partial charge in [0, 0.05) is 61.5 Å². The number of nitrogens with zero attached hydrogens (tertiary/aromatic N) is 2. The molecule has 1 N–H and O–H groups in total. The average Bonchev–Trinajstić information content (AvgIpc) is 3.25. The van der Waals surface area contributed by atoms with Gasteiger partial charge in [-0.3, -0.25) is 14.5 Å². The third-order valence-electron chi connectivity index (χ3n) is 6.77. The lowest BCUT2D eigenvalue weighted by Crippen LogP contribution is -2.54. The summed E-state index contributed by atoms with van der Waals surface area (Å²) in [6.45, 7) is 7.12. The molecule has 3 rings (SSSR count). The molecule has 1 aliphatic carbocycles. The van der Waals surface area contributed by atoms with E-state index in [1.54, 1.807) is 6.07 Å². The van der Waals surface area contributed by atoms with Gasteiger partial charge >= 0.3 is 0 Å². The summed E-state index contributed by atoms with van der Waals surface area (Å²) in [4.78, 5) is 29.6. The summed E-state index contributed by atoms with van der Waals surface area (Å²) in [5.74, 6) is 0.299. The van der Waals surface area contributed by atoms with Gasteiger partial charge in [0.2, 0.25) is 11.8 Å². The number of halogens is 1. The van der Waals surface area contributed by atoms with Gasteiger partial charge in [0.15, 0.2) is 0 Å². The second-order valence-corrected chi connectivity index (χ2v) is 12.3. The fourth-order valence-corrected chi connectivity index (χ4v) is 5.80. The molecule has 2 fully saturated rings. The maximum atomic E-state index is 12.9. The largest absolute Gasteiger partial charge is 0.337 e. The van der Waals surface area contributed by atoms with Gasteiger partial charge in [0.05, 0.1) is 5.75 Å². The molecule has 1 saturated carbocycles. The molecule has 1 aliphatic heterocycles. The van der Waals surface area contributed by atoms with Crippen molar-refractivity contribution in [2.24, 2.45) is 5.92 Å². The summed E-state index contributed by atoms with van der Waals surface area (Å²) < 4.78 is 22.6. The van der Waals surface area contributed by atoms with Crippen LogP contribution >= 0.6 is 11.6 Å². The molecule has 1 aromatic rings. The minimum absolute atomic E-state index is 0.00634. The highest BCUT2D eigenvalue weighted by molar-refractivity contribution is 7.90. The van der Waals surface area contributed by atoms with Gasteiger partial charge in [-0.2, -0.15) is 0 Å². The summed E-state index contributed by atoms with van der Waals surface area (Å²) in [6, 6.07) is 3.83. The first kappa shape index (κ1) is 26.0. The predicted molar refractivity (Wildman–Crippen MR) is 132 cm³/mol. The first-order chi connectivity index (χ1) is 15.5. The van der Waals surface area contributed by atoms with Crippen LogP contribution in [0.4, 0.5) is 5.69 Å². The van der Waals surface area contributed by atoms with Crippen LogP contribution in [0.1, 0.15) is 56.6 Å². The standard InChI is InChI=1S/C24H36ClN3O4S/c1-17-15-27(10-11-28(17)24(30)19-7-4-5-8-19)16-20-13-21(25)14-22(18(20)2)26-23(29)9-6-12-33(3,31)32/h13-14,17,19H,4-12,15-16H2,1-3H3,(H,26,29). The molecule has 1 aromatic carbocycles. The Labute approximate surface area is 202 Å². The summed E-state index contributed by atoms with van der Waals surface area (Å²) >= 11 is 6.35. The highest BCUT2D eigenvalue weighted by atomic mass is 35.5. The summed E-state index contributed by atoms with van der Waals surface area (Å²) in [6.07, 6.45) is 5.97. The molecule has 1 unspecified atom stereocenters. The Kier molecular flexibility index (Phi) is 8.81. The minimum Gasteiger partial charge on any atom is -0.337 e. The highest BCUT2D eigenvalue weighted by Crippen LogP contribution is 2.29. The van der Waals surface area contributed by atoms with E-state index in [0.717, 1.165) is 56.4 Å². The van der Waals surface area contributed by atoms with Gasteiger partial charge in [-0.25, -0.2) is 8.42 Å². The van der Waals surface area contributed by atoms with Crippen molar-refractivity contribution < 1.29 is 18.0 Å². The Bertz CT molecular complexity index is 976. The highest BCUT2D eigenvalue weighted by Gasteiger charge is 2.33. The van der Waals surface area contributed by atoms with E-state index in [1.807, 2.05) is 13.0 Å². The summed E-state index contributed by atoms with van der Waals surface area (Å²) in [5.41, 5.74) is 2.65. The average molecular weight is 498 g/mol. The second kappa shape index (κ2) is 11.2. The maximum absolute atomic E-state index is 12.9. The van der Waals surface area contributed by atoms with E-state index in [1.165, 1.54) is 6.26 Å². The van der Waals surface area contributed by atoms with Crippen LogP contribution in [-0.4, -0.2) is 67.7 Å². The number of benzene rings is 1. The van der Waals surface area contributed by atoms with Crippen molar-refractivity contribution in [3.63, 3.8) is 0 Å². The van der Waals surface area contributed by atoms with E-state index in [9.17, 15) is 18.0 Å². The van der Waals surface area contributed by atoms with Gasteiger partial charge < -0.3 is 10.2 Å². The van der Waals surface area contributed by atoms with Crippen LogP contribution in [-0.2, 0) is 26.0 Å². The number of sulfone groups is 1. The molecule has 0 spiro atoms. The van der Waals surface area contributed by atoms with E-state index >= 15 is 0 Å². The molecule has 9 heteroatoms. The number of amides is 2. The Balaban J connectivity index is 1.59. The van der Waals surface area contributed by atoms with Gasteiger partial charge in [-0.1, -0.05) is 24.4 Å². The number of hydrogen-bond donors (Lipinski definition) is 1. The van der Waals surface area contributed by atoms with Gasteiger partial charge in [-0.05, 0) is 56.4 Å². The van der Waals surface area contributed by atoms with Crippen LogP contribution < -0.4 is 5.32 Å². The SMILES string of the molecule is Cc1c(CN2CCN(C(=O)C3CCCC3)C(C)C2)cc(Cl)cc1NC(=O)CCCS(C)(=O)=O. The van der Waals surface area contributed by atoms with E-state index in [0.29, 0.717) is 29.6 Å². The van der Waals surface area contributed by atoms with Crippen molar-refractivity contribution in [1.82, 2.24) is 9.80 Å². The van der Waals surface area contributed by atoms with E-state index in [2.05, 4.69) is 22.0 Å². The fraction of sp³-hybridized carbons (Fsp3) is 0.667. The Morgan fingerprint density at radius 3 is 2.52 bits per heavy atom. The number of piperazine rings is 1. The van der Waals surface area contributed by atoms with Crippen LogP contribution in [0.15, 0.2) is 12.1 Å². The van der Waals surface area contributed by atoms with E-state index in [-0.39, 0.29) is 30.0 Å². The Morgan fingerprint density at radius 1 is 1.18 bits per heavy atom. The van der Waals surface area contributed by atoms with Crippen molar-refractivity contribution >= 4 is 38.9 Å². The van der Waals surface area contributed by atoms with E-state index in [4.69, 9.17) is 11.6 Å². The molecule has 184 valence electrons. The van der Waals surface area contributed by atoms with Crippen molar-refractivity contribution in [2.45, 2.75) is 65.0 Å². The summed E-state index contributed by atoms with van der Waals surface area (Å²) in [7, 11) is -3.08. The van der Waals surface area contributed by atoms with Crippen LogP contribution in [0.25, 0.3) is 0 Å². The quantitative estimate of drug-likeness (QED) is 0.592. The van der Waals surface area contributed by atoms with Crippen molar-refractivity contribution in [3.05, 3.63) is 28.3 Å². The number of carbonyl (C=O) groups is 2. The molecule has 7 nitrogen and oxygen atoms in total. The normalized spacial score (nSPS) is 20.2. The van der Waals surface area contributed by atoms with Crippen LogP contribution in [0.5, 0.6) is 0 Å². The second-order valence-electron chi connectivity index (χ2n) is 9.62. The monoisotopic (exact) mass is 497 g/mol. The van der Waals surface area contributed by atoms with Crippen LogP contribution in [0.3, 0.4) is 0 Å². The number of nitrogens with one attached hydrogen (secondary N) is 1. The summed E-state index contributed by atoms with van der Waals surface area (Å²) in [5, 5.41) is 3.43. The zero-order chi connectivity index (χ0) is 24.2. The Hall–Kier alpha value is -1.64. The molecule has 33 heavy (non-hydrogen) atoms. The Morgan fingerprint density at radius 2 is 1.88 bits per heavy atom. The molecule has 0 bridgehead atoms. The molecule has 0 aromatic heterocycles. The van der Waals surface area contributed by atoms with Crippen molar-refractivity contribution in [3.8, 4) is 0 Å². The number of rotatable bonds is 8.